The highest BCUT2D eigenvalue weighted by molar-refractivity contribution is 9.10. The lowest BCUT2D eigenvalue weighted by Gasteiger charge is -2.22. The van der Waals surface area contributed by atoms with Crippen LogP contribution in [-0.4, -0.2) is 29.2 Å². The number of aromatic nitrogens is 1. The minimum absolute atomic E-state index is 0.0984. The highest BCUT2D eigenvalue weighted by atomic mass is 79.9. The minimum atomic E-state index is -1.04. The first-order chi connectivity index (χ1) is 23.6. The van der Waals surface area contributed by atoms with Gasteiger partial charge in [-0.15, -0.1) is 0 Å². The third-order valence-electron chi connectivity index (χ3n) is 7.62. The van der Waals surface area contributed by atoms with Crippen molar-refractivity contribution in [2.24, 2.45) is 4.99 Å². The fraction of sp³-hybridized carbons (Fsp3) is 0.171. The van der Waals surface area contributed by atoms with Gasteiger partial charge in [-0.25, -0.2) is 9.79 Å². The highest BCUT2D eigenvalue weighted by Crippen LogP contribution is 2.39. The monoisotopic (exact) mass is 763 g/mol. The molecular weight excluding hydrogens is 738 g/mol. The molecule has 0 N–H and O–H groups in total. The Morgan fingerprint density at radius 1 is 1.16 bits per heavy atom. The number of fused-ring (bicyclic) bond motifs is 1. The predicted molar refractivity (Wildman–Crippen MR) is 188 cm³/mol. The van der Waals surface area contributed by atoms with E-state index >= 15 is 0 Å². The number of carbonyl (C=O) groups is 1. The third kappa shape index (κ3) is 6.82. The number of thiazole rings is 1. The Hall–Kier alpha value is -4.98. The predicted octanol–water partition coefficient (Wildman–Crippen LogP) is 6.97. The van der Waals surface area contributed by atoms with Gasteiger partial charge in [0.15, 0.2) is 16.3 Å². The zero-order valence-corrected chi connectivity index (χ0v) is 29.4. The summed E-state index contributed by atoms with van der Waals surface area (Å²) >= 11 is 11.1. The van der Waals surface area contributed by atoms with Crippen molar-refractivity contribution in [2.45, 2.75) is 26.5 Å². The Bertz CT molecular complexity index is 2310. The topological polar surface area (TPSA) is 135 Å². The van der Waals surface area contributed by atoms with Crippen molar-refractivity contribution in [1.82, 2.24) is 4.57 Å². The van der Waals surface area contributed by atoms with Crippen LogP contribution >= 0.6 is 38.9 Å². The molecule has 0 bridgehead atoms. The quantitative estimate of drug-likeness (QED) is 0.0846. The largest absolute Gasteiger partial charge is 0.493 e. The average Bonchev–Trinajstić information content (AvgIpc) is 3.68. The van der Waals surface area contributed by atoms with Crippen LogP contribution in [0.1, 0.15) is 36.8 Å². The smallest absolute Gasteiger partial charge is 0.338 e. The summed E-state index contributed by atoms with van der Waals surface area (Å²) in [5, 5.41) is 11.7. The normalized spacial score (nSPS) is 14.3. The molecule has 0 spiro atoms. The van der Waals surface area contributed by atoms with Crippen LogP contribution in [-0.2, 0) is 16.1 Å². The fourth-order valence-electron chi connectivity index (χ4n) is 5.37. The van der Waals surface area contributed by atoms with E-state index < -0.39 is 22.5 Å². The van der Waals surface area contributed by atoms with Gasteiger partial charge >= 0.3 is 5.97 Å². The Labute approximate surface area is 296 Å². The van der Waals surface area contributed by atoms with Gasteiger partial charge in [0.25, 0.3) is 11.2 Å². The first-order valence-corrected chi connectivity index (χ1v) is 16.9. The SMILES string of the molecule is CCOC(=O)C1=C(C)N=c2s/c(=C\c3cc(Br)c(OCc4ccccc4)c(OC)c3)c(=O)n2[C@H]1c1ccc(-c2cc([N+](=O)[O-])ccc2Cl)o1. The minimum Gasteiger partial charge on any atom is -0.493 e. The molecule has 14 heteroatoms. The van der Waals surface area contributed by atoms with Crippen LogP contribution in [0.3, 0.4) is 0 Å². The number of benzene rings is 3. The Morgan fingerprint density at radius 2 is 1.94 bits per heavy atom. The maximum absolute atomic E-state index is 14.2. The molecular formula is C35H27BrClN3O8S. The number of hydrogen-bond donors (Lipinski definition) is 0. The number of nitro groups is 1. The number of ether oxygens (including phenoxy) is 3. The molecule has 0 radical (unpaired) electrons. The molecule has 0 fully saturated rings. The average molecular weight is 765 g/mol. The van der Waals surface area contributed by atoms with Gasteiger partial charge in [0.1, 0.15) is 24.2 Å². The van der Waals surface area contributed by atoms with E-state index in [0.717, 1.165) is 16.9 Å². The van der Waals surface area contributed by atoms with Crippen molar-refractivity contribution in [1.29, 1.82) is 0 Å². The van der Waals surface area contributed by atoms with E-state index in [-0.39, 0.29) is 40.0 Å². The first kappa shape index (κ1) is 33.9. The molecule has 2 aromatic heterocycles. The van der Waals surface area contributed by atoms with Crippen molar-refractivity contribution < 1.29 is 28.3 Å². The van der Waals surface area contributed by atoms with Crippen molar-refractivity contribution in [3.8, 4) is 22.8 Å². The molecule has 0 unspecified atom stereocenters. The van der Waals surface area contributed by atoms with Gasteiger partial charge in [-0.2, -0.15) is 0 Å². The second kappa shape index (κ2) is 14.2. The molecule has 3 heterocycles. The molecule has 250 valence electrons. The van der Waals surface area contributed by atoms with Crippen LogP contribution in [0.5, 0.6) is 11.5 Å². The van der Waals surface area contributed by atoms with Crippen LogP contribution in [0, 0.1) is 10.1 Å². The summed E-state index contributed by atoms with van der Waals surface area (Å²) in [4.78, 5) is 43.3. The lowest BCUT2D eigenvalue weighted by atomic mass is 10.0. The Balaban J connectivity index is 1.44. The van der Waals surface area contributed by atoms with Gasteiger partial charge in [0, 0.05) is 17.7 Å². The van der Waals surface area contributed by atoms with Gasteiger partial charge in [-0.05, 0) is 77.3 Å². The third-order valence-corrected chi connectivity index (χ3v) is 9.52. The Morgan fingerprint density at radius 3 is 2.65 bits per heavy atom. The van der Waals surface area contributed by atoms with Crippen molar-refractivity contribution in [3.05, 3.63) is 140 Å². The number of halogens is 2. The number of hydrogen-bond acceptors (Lipinski definition) is 10. The molecule has 0 saturated heterocycles. The van der Waals surface area contributed by atoms with Gasteiger partial charge in [-0.1, -0.05) is 53.3 Å². The molecule has 0 saturated carbocycles. The maximum atomic E-state index is 14.2. The number of carbonyl (C=O) groups excluding carboxylic acids is 1. The van der Waals surface area contributed by atoms with E-state index in [4.69, 9.17) is 30.2 Å². The van der Waals surface area contributed by atoms with Crippen LogP contribution in [0.15, 0.2) is 103 Å². The summed E-state index contributed by atoms with van der Waals surface area (Å²) in [5.41, 5.74) is 1.80. The van der Waals surface area contributed by atoms with E-state index in [1.165, 1.54) is 29.9 Å². The lowest BCUT2D eigenvalue weighted by Crippen LogP contribution is -2.39. The number of non-ortho nitro benzene ring substituents is 1. The summed E-state index contributed by atoms with van der Waals surface area (Å²) in [6, 6.07) is 19.4. The number of nitro benzene ring substituents is 1. The molecule has 0 aliphatic carbocycles. The van der Waals surface area contributed by atoms with E-state index in [9.17, 15) is 19.7 Å². The van der Waals surface area contributed by atoms with Gasteiger partial charge in [-0.3, -0.25) is 19.5 Å². The molecule has 49 heavy (non-hydrogen) atoms. The number of esters is 1. The molecule has 1 aliphatic rings. The van der Waals surface area contributed by atoms with Gasteiger partial charge in [0.05, 0.1) is 43.9 Å². The fourth-order valence-corrected chi connectivity index (χ4v) is 7.20. The molecule has 11 nitrogen and oxygen atoms in total. The number of nitrogens with zero attached hydrogens (tertiary/aromatic N) is 3. The maximum Gasteiger partial charge on any atom is 0.338 e. The van der Waals surface area contributed by atoms with Crippen molar-refractivity contribution in [3.63, 3.8) is 0 Å². The van der Waals surface area contributed by atoms with E-state index in [2.05, 4.69) is 20.9 Å². The molecule has 3 aromatic carbocycles. The molecule has 5 aromatic rings. The van der Waals surface area contributed by atoms with Crippen LogP contribution < -0.4 is 24.4 Å². The zero-order chi connectivity index (χ0) is 34.8. The Kier molecular flexibility index (Phi) is 9.86. The summed E-state index contributed by atoms with van der Waals surface area (Å²) in [6.45, 7) is 3.77. The van der Waals surface area contributed by atoms with Gasteiger partial charge < -0.3 is 18.6 Å². The lowest BCUT2D eigenvalue weighted by molar-refractivity contribution is -0.384. The number of rotatable bonds is 10. The van der Waals surface area contributed by atoms with Crippen LogP contribution in [0.4, 0.5) is 5.69 Å². The van der Waals surface area contributed by atoms with E-state index in [1.807, 2.05) is 36.4 Å². The first-order valence-electron chi connectivity index (χ1n) is 14.9. The standard InChI is InChI=1S/C35H27BrClN3O8S/c1-4-46-34(42)30-19(2)38-35-39(31(30)27-13-12-26(48-27)23-17-22(40(43)44)10-11-25(23)37)33(41)29(49-35)16-21-14-24(36)32(28(15-21)45-3)47-18-20-8-6-5-7-9-20/h5-17,31H,4,18H2,1-3H3/b29-16-/t31-/m0/s1. The number of furan rings is 1. The summed E-state index contributed by atoms with van der Waals surface area (Å²) in [6.07, 6.45) is 1.70. The van der Waals surface area contributed by atoms with Crippen LogP contribution in [0.2, 0.25) is 5.02 Å². The van der Waals surface area contributed by atoms with Crippen molar-refractivity contribution >= 4 is 56.6 Å². The second-order valence-electron chi connectivity index (χ2n) is 10.7. The zero-order valence-electron chi connectivity index (χ0n) is 26.3. The van der Waals surface area contributed by atoms with Crippen LogP contribution in [0.25, 0.3) is 17.4 Å². The highest BCUT2D eigenvalue weighted by Gasteiger charge is 2.35. The number of allylic oxidation sites excluding steroid dienone is 1. The number of methoxy groups -OCH3 is 1. The molecule has 0 amide bonds. The van der Waals surface area contributed by atoms with Crippen molar-refractivity contribution in [2.75, 3.05) is 13.7 Å². The van der Waals surface area contributed by atoms with Gasteiger partial charge in [0.2, 0.25) is 0 Å². The van der Waals surface area contributed by atoms with E-state index in [1.54, 1.807) is 38.1 Å². The molecule has 1 atom stereocenters. The molecule has 1 aliphatic heterocycles. The second-order valence-corrected chi connectivity index (χ2v) is 13.0. The summed E-state index contributed by atoms with van der Waals surface area (Å²) < 4.78 is 25.6. The summed E-state index contributed by atoms with van der Waals surface area (Å²) in [7, 11) is 1.53. The summed E-state index contributed by atoms with van der Waals surface area (Å²) in [5.74, 6) is 0.749. The van der Waals surface area contributed by atoms with E-state index in [0.29, 0.717) is 43.2 Å². The molecule has 6 rings (SSSR count).